The highest BCUT2D eigenvalue weighted by molar-refractivity contribution is 6.35. The Morgan fingerprint density at radius 1 is 1.14 bits per heavy atom. The van der Waals surface area contributed by atoms with E-state index in [2.05, 4.69) is 31.8 Å². The summed E-state index contributed by atoms with van der Waals surface area (Å²) in [6.07, 6.45) is 1.78. The van der Waals surface area contributed by atoms with E-state index in [1.165, 1.54) is 0 Å². The molecule has 2 aromatic carbocycles. The molecule has 0 radical (unpaired) electrons. The van der Waals surface area contributed by atoms with Gasteiger partial charge in [0.2, 0.25) is 5.95 Å². The van der Waals surface area contributed by atoms with Crippen molar-refractivity contribution in [1.29, 1.82) is 5.26 Å². The van der Waals surface area contributed by atoms with Gasteiger partial charge in [0.1, 0.15) is 11.5 Å². The normalized spacial score (nSPS) is 10.7. The van der Waals surface area contributed by atoms with Crippen LogP contribution in [0.25, 0.3) is 11.4 Å². The zero-order valence-corrected chi connectivity index (χ0v) is 16.7. The van der Waals surface area contributed by atoms with Gasteiger partial charge in [-0.2, -0.15) is 14.9 Å². The molecule has 0 amide bonds. The van der Waals surface area contributed by atoms with Crippen molar-refractivity contribution < 1.29 is 0 Å². The average Bonchev–Trinajstić information content (AvgIpc) is 3.33. The summed E-state index contributed by atoms with van der Waals surface area (Å²) in [6, 6.07) is 14.4. The van der Waals surface area contributed by atoms with E-state index >= 15 is 0 Å². The maximum absolute atomic E-state index is 8.96. The summed E-state index contributed by atoms with van der Waals surface area (Å²) >= 11 is 12.2. The van der Waals surface area contributed by atoms with Crippen LogP contribution in [0.1, 0.15) is 17.1 Å². The Morgan fingerprint density at radius 2 is 1.93 bits per heavy atom. The van der Waals surface area contributed by atoms with Crippen molar-refractivity contribution in [1.82, 2.24) is 29.8 Å². The maximum Gasteiger partial charge on any atom is 0.226 e. The highest BCUT2D eigenvalue weighted by atomic mass is 35.5. The fraction of sp³-hybridized carbons (Fsp3) is 0.105. The lowest BCUT2D eigenvalue weighted by Crippen LogP contribution is -2.07. The van der Waals surface area contributed by atoms with Crippen LogP contribution in [0.2, 0.25) is 10.0 Å². The Labute approximate surface area is 176 Å². The predicted molar refractivity (Wildman–Crippen MR) is 110 cm³/mol. The SMILES string of the molecule is Cc1nc(NCc2cn(-c3ccc(Cl)cc3Cl)nn2)n(-c2ccc(C#N)cc2)n1. The summed E-state index contributed by atoms with van der Waals surface area (Å²) < 4.78 is 3.27. The average molecular weight is 425 g/mol. The molecule has 0 atom stereocenters. The van der Waals surface area contributed by atoms with Crippen LogP contribution in [0.3, 0.4) is 0 Å². The molecule has 2 aromatic heterocycles. The van der Waals surface area contributed by atoms with Crippen molar-refractivity contribution >= 4 is 29.2 Å². The van der Waals surface area contributed by atoms with E-state index in [1.807, 2.05) is 19.1 Å². The van der Waals surface area contributed by atoms with Crippen molar-refractivity contribution in [3.05, 3.63) is 75.8 Å². The first kappa shape index (κ1) is 18.9. The van der Waals surface area contributed by atoms with Crippen LogP contribution in [0.5, 0.6) is 0 Å². The van der Waals surface area contributed by atoms with Gasteiger partial charge in [-0.05, 0) is 49.4 Å². The fourth-order valence-electron chi connectivity index (χ4n) is 2.72. The van der Waals surface area contributed by atoms with E-state index in [-0.39, 0.29) is 0 Å². The Hall–Kier alpha value is -3.41. The van der Waals surface area contributed by atoms with Gasteiger partial charge in [-0.3, -0.25) is 0 Å². The number of nitrogens with zero attached hydrogens (tertiary/aromatic N) is 7. The van der Waals surface area contributed by atoms with Crippen LogP contribution in [-0.4, -0.2) is 29.8 Å². The summed E-state index contributed by atoms with van der Waals surface area (Å²) in [6.45, 7) is 2.20. The van der Waals surface area contributed by atoms with Gasteiger partial charge in [-0.25, -0.2) is 4.68 Å². The molecule has 0 unspecified atom stereocenters. The lowest BCUT2D eigenvalue weighted by atomic mass is 10.2. The Balaban J connectivity index is 1.53. The molecule has 144 valence electrons. The van der Waals surface area contributed by atoms with E-state index in [1.54, 1.807) is 45.9 Å². The molecular weight excluding hydrogens is 411 g/mol. The molecule has 29 heavy (non-hydrogen) atoms. The van der Waals surface area contributed by atoms with Crippen LogP contribution in [-0.2, 0) is 6.54 Å². The molecule has 0 aliphatic carbocycles. The Bertz CT molecular complexity index is 1200. The number of halogens is 2. The van der Waals surface area contributed by atoms with E-state index in [0.29, 0.717) is 45.3 Å². The summed E-state index contributed by atoms with van der Waals surface area (Å²) in [4.78, 5) is 4.42. The molecule has 0 saturated carbocycles. The van der Waals surface area contributed by atoms with Gasteiger partial charge in [-0.1, -0.05) is 28.4 Å². The van der Waals surface area contributed by atoms with Gasteiger partial charge in [0.15, 0.2) is 0 Å². The molecule has 0 saturated heterocycles. The number of hydrogen-bond donors (Lipinski definition) is 1. The van der Waals surface area contributed by atoms with Gasteiger partial charge in [0, 0.05) is 5.02 Å². The molecule has 0 bridgehead atoms. The highest BCUT2D eigenvalue weighted by Crippen LogP contribution is 2.24. The molecular formula is C19H14Cl2N8. The lowest BCUT2D eigenvalue weighted by molar-refractivity contribution is 0.797. The highest BCUT2D eigenvalue weighted by Gasteiger charge is 2.12. The molecule has 2 heterocycles. The topological polar surface area (TPSA) is 97.2 Å². The zero-order valence-electron chi connectivity index (χ0n) is 15.2. The van der Waals surface area contributed by atoms with E-state index in [4.69, 9.17) is 28.5 Å². The lowest BCUT2D eigenvalue weighted by Gasteiger charge is -2.07. The molecule has 10 heteroatoms. The van der Waals surface area contributed by atoms with Gasteiger partial charge in [-0.15, -0.1) is 10.2 Å². The van der Waals surface area contributed by atoms with Crippen LogP contribution in [0.4, 0.5) is 5.95 Å². The first-order valence-electron chi connectivity index (χ1n) is 8.58. The number of rotatable bonds is 5. The molecule has 0 aliphatic rings. The maximum atomic E-state index is 8.96. The number of anilines is 1. The molecule has 4 aromatic rings. The largest absolute Gasteiger partial charge is 0.348 e. The number of hydrogen-bond acceptors (Lipinski definition) is 6. The van der Waals surface area contributed by atoms with Gasteiger partial charge < -0.3 is 5.32 Å². The van der Waals surface area contributed by atoms with Crippen molar-refractivity contribution in [2.24, 2.45) is 0 Å². The molecule has 0 spiro atoms. The third-order valence-corrected chi connectivity index (χ3v) is 4.62. The number of aryl methyl sites for hydroxylation is 1. The minimum absolute atomic E-state index is 0.389. The summed E-state index contributed by atoms with van der Waals surface area (Å²) in [5.74, 6) is 1.18. The van der Waals surface area contributed by atoms with Gasteiger partial charge in [0.25, 0.3) is 0 Å². The van der Waals surface area contributed by atoms with Gasteiger partial charge in [0.05, 0.1) is 40.8 Å². The van der Waals surface area contributed by atoms with Crippen LogP contribution in [0, 0.1) is 18.3 Å². The summed E-state index contributed by atoms with van der Waals surface area (Å²) in [5.41, 5.74) is 2.76. The van der Waals surface area contributed by atoms with Crippen LogP contribution >= 0.6 is 23.2 Å². The third kappa shape index (κ3) is 4.06. The molecule has 0 fully saturated rings. The van der Waals surface area contributed by atoms with Crippen LogP contribution < -0.4 is 5.32 Å². The standard InChI is InChI=1S/C19H14Cl2N8/c1-12-24-19(29(26-12)16-5-2-13(9-22)3-6-16)23-10-15-11-28(27-25-15)18-7-4-14(20)8-17(18)21/h2-8,11H,10H2,1H3,(H,23,24,26). The van der Waals surface area contributed by atoms with E-state index in [0.717, 1.165) is 5.69 Å². The number of nitriles is 1. The van der Waals surface area contributed by atoms with Crippen molar-refractivity contribution in [3.63, 3.8) is 0 Å². The monoisotopic (exact) mass is 424 g/mol. The summed E-state index contributed by atoms with van der Waals surface area (Å²) in [7, 11) is 0. The molecule has 8 nitrogen and oxygen atoms in total. The van der Waals surface area contributed by atoms with Crippen molar-refractivity contribution in [3.8, 4) is 17.4 Å². The van der Waals surface area contributed by atoms with E-state index in [9.17, 15) is 0 Å². The third-order valence-electron chi connectivity index (χ3n) is 4.08. The second-order valence-electron chi connectivity index (χ2n) is 6.16. The zero-order chi connectivity index (χ0) is 20.4. The Morgan fingerprint density at radius 3 is 2.66 bits per heavy atom. The number of benzene rings is 2. The Kier molecular flexibility index (Phi) is 5.16. The van der Waals surface area contributed by atoms with Crippen molar-refractivity contribution in [2.75, 3.05) is 5.32 Å². The first-order valence-corrected chi connectivity index (χ1v) is 9.34. The second kappa shape index (κ2) is 7.91. The predicted octanol–water partition coefficient (Wildman–Crippen LogP) is 3.95. The summed E-state index contributed by atoms with van der Waals surface area (Å²) in [5, 5.41) is 25.9. The quantitative estimate of drug-likeness (QED) is 0.520. The first-order chi connectivity index (χ1) is 14.0. The smallest absolute Gasteiger partial charge is 0.226 e. The minimum atomic E-state index is 0.389. The van der Waals surface area contributed by atoms with Crippen molar-refractivity contribution in [2.45, 2.75) is 13.5 Å². The number of aromatic nitrogens is 6. The molecule has 4 rings (SSSR count). The minimum Gasteiger partial charge on any atom is -0.348 e. The molecule has 0 aliphatic heterocycles. The van der Waals surface area contributed by atoms with E-state index < -0.39 is 0 Å². The second-order valence-corrected chi connectivity index (χ2v) is 7.00. The fourth-order valence-corrected chi connectivity index (χ4v) is 3.22. The number of nitrogens with one attached hydrogen (secondary N) is 1. The molecule has 1 N–H and O–H groups in total. The van der Waals surface area contributed by atoms with Crippen LogP contribution in [0.15, 0.2) is 48.7 Å². The van der Waals surface area contributed by atoms with Gasteiger partial charge >= 0.3 is 0 Å².